The molecule has 2 atom stereocenters. The van der Waals surface area contributed by atoms with Crippen molar-refractivity contribution in [2.24, 2.45) is 5.92 Å². The number of nitrogens with one attached hydrogen (secondary N) is 1. The number of esters is 2. The van der Waals surface area contributed by atoms with Crippen LogP contribution in [0.2, 0.25) is 0 Å². The summed E-state index contributed by atoms with van der Waals surface area (Å²) in [5, 5.41) is 2.98. The van der Waals surface area contributed by atoms with Gasteiger partial charge in [-0.15, -0.1) is 0 Å². The molecule has 19 heavy (non-hydrogen) atoms. The molecule has 1 aromatic carbocycles. The maximum absolute atomic E-state index is 11.8. The van der Waals surface area contributed by atoms with Gasteiger partial charge in [0, 0.05) is 6.54 Å². The third-order valence-electron chi connectivity index (χ3n) is 3.17. The van der Waals surface area contributed by atoms with E-state index in [0.29, 0.717) is 13.0 Å². The molecule has 0 bridgehead atoms. The van der Waals surface area contributed by atoms with Crippen molar-refractivity contribution in [1.82, 2.24) is 5.32 Å². The minimum absolute atomic E-state index is 0.251. The Morgan fingerprint density at radius 1 is 1.26 bits per heavy atom. The van der Waals surface area contributed by atoms with Crippen LogP contribution in [0.25, 0.3) is 0 Å². The molecule has 0 unspecified atom stereocenters. The topological polar surface area (TPSA) is 64.6 Å². The summed E-state index contributed by atoms with van der Waals surface area (Å²) in [6.07, 6.45) is 0.431. The highest BCUT2D eigenvalue weighted by molar-refractivity contribution is 5.79. The van der Waals surface area contributed by atoms with Crippen molar-refractivity contribution in [3.05, 3.63) is 35.9 Å². The molecule has 5 heteroatoms. The number of methoxy groups -OCH3 is 1. The molecule has 1 saturated heterocycles. The molecule has 5 nitrogen and oxygen atoms in total. The number of rotatable bonds is 4. The van der Waals surface area contributed by atoms with E-state index >= 15 is 0 Å². The summed E-state index contributed by atoms with van der Waals surface area (Å²) in [5.74, 6) is -0.875. The predicted molar refractivity (Wildman–Crippen MR) is 68.2 cm³/mol. The molecule has 1 fully saturated rings. The first-order chi connectivity index (χ1) is 9.20. The molecule has 0 aliphatic carbocycles. The Morgan fingerprint density at radius 2 is 2.00 bits per heavy atom. The molecule has 1 aliphatic rings. The Labute approximate surface area is 111 Å². The number of carbonyl (C=O) groups excluding carboxylic acids is 2. The first-order valence-electron chi connectivity index (χ1n) is 6.22. The van der Waals surface area contributed by atoms with E-state index in [-0.39, 0.29) is 24.5 Å². The Hall–Kier alpha value is -1.88. The predicted octanol–water partition coefficient (Wildman–Crippen LogP) is 0.881. The molecule has 0 aromatic heterocycles. The molecule has 0 spiro atoms. The minimum Gasteiger partial charge on any atom is -0.469 e. The fourth-order valence-corrected chi connectivity index (χ4v) is 2.09. The lowest BCUT2D eigenvalue weighted by Crippen LogP contribution is -2.32. The second-order valence-electron chi connectivity index (χ2n) is 4.51. The van der Waals surface area contributed by atoms with Gasteiger partial charge in [0.15, 0.2) is 0 Å². The summed E-state index contributed by atoms with van der Waals surface area (Å²) in [4.78, 5) is 23.2. The fraction of sp³-hybridized carbons (Fsp3) is 0.429. The lowest BCUT2D eigenvalue weighted by molar-refractivity contribution is -0.147. The van der Waals surface area contributed by atoms with Crippen LogP contribution in [-0.4, -0.2) is 31.6 Å². The third kappa shape index (κ3) is 3.54. The van der Waals surface area contributed by atoms with Crippen molar-refractivity contribution in [2.45, 2.75) is 19.1 Å². The van der Waals surface area contributed by atoms with Crippen molar-refractivity contribution in [2.75, 3.05) is 13.7 Å². The van der Waals surface area contributed by atoms with Gasteiger partial charge < -0.3 is 14.8 Å². The van der Waals surface area contributed by atoms with Gasteiger partial charge in [-0.25, -0.2) is 0 Å². The van der Waals surface area contributed by atoms with Crippen LogP contribution in [0.4, 0.5) is 0 Å². The maximum Gasteiger partial charge on any atom is 0.323 e. The van der Waals surface area contributed by atoms with Crippen LogP contribution in [-0.2, 0) is 25.7 Å². The summed E-state index contributed by atoms with van der Waals surface area (Å²) < 4.78 is 9.88. The lowest BCUT2D eigenvalue weighted by Gasteiger charge is -2.10. The van der Waals surface area contributed by atoms with E-state index in [4.69, 9.17) is 4.74 Å². The number of benzene rings is 1. The molecule has 102 valence electrons. The minimum atomic E-state index is -0.423. The monoisotopic (exact) mass is 263 g/mol. The van der Waals surface area contributed by atoms with Gasteiger partial charge in [0.1, 0.15) is 12.6 Å². The quantitative estimate of drug-likeness (QED) is 0.817. The van der Waals surface area contributed by atoms with Crippen LogP contribution in [0.3, 0.4) is 0 Å². The van der Waals surface area contributed by atoms with E-state index in [1.807, 2.05) is 30.3 Å². The van der Waals surface area contributed by atoms with Crippen LogP contribution in [0.5, 0.6) is 0 Å². The molecule has 0 saturated carbocycles. The zero-order chi connectivity index (χ0) is 13.7. The normalized spacial score (nSPS) is 21.9. The Bertz CT molecular complexity index is 446. The summed E-state index contributed by atoms with van der Waals surface area (Å²) in [7, 11) is 1.35. The van der Waals surface area contributed by atoms with Gasteiger partial charge in [-0.05, 0) is 12.0 Å². The summed E-state index contributed by atoms with van der Waals surface area (Å²) in [6, 6.07) is 9.06. The largest absolute Gasteiger partial charge is 0.469 e. The second kappa shape index (κ2) is 6.33. The highest BCUT2D eigenvalue weighted by Crippen LogP contribution is 2.16. The number of hydrogen-bond acceptors (Lipinski definition) is 5. The van der Waals surface area contributed by atoms with Crippen LogP contribution >= 0.6 is 0 Å². The first-order valence-corrected chi connectivity index (χ1v) is 6.22. The molecule has 2 rings (SSSR count). The zero-order valence-electron chi connectivity index (χ0n) is 10.8. The molecule has 0 amide bonds. The average molecular weight is 263 g/mol. The van der Waals surface area contributed by atoms with Crippen molar-refractivity contribution in [3.63, 3.8) is 0 Å². The van der Waals surface area contributed by atoms with Crippen molar-refractivity contribution >= 4 is 11.9 Å². The van der Waals surface area contributed by atoms with Gasteiger partial charge >= 0.3 is 11.9 Å². The van der Waals surface area contributed by atoms with E-state index in [1.165, 1.54) is 7.11 Å². The molecule has 1 aliphatic heterocycles. The van der Waals surface area contributed by atoms with Crippen LogP contribution in [0.1, 0.15) is 12.0 Å². The summed E-state index contributed by atoms with van der Waals surface area (Å²) in [6.45, 7) is 0.707. The molecular weight excluding hydrogens is 246 g/mol. The highest BCUT2D eigenvalue weighted by Gasteiger charge is 2.35. The van der Waals surface area contributed by atoms with Crippen molar-refractivity contribution < 1.29 is 19.1 Å². The summed E-state index contributed by atoms with van der Waals surface area (Å²) in [5.41, 5.74) is 0.943. The zero-order valence-corrected chi connectivity index (χ0v) is 10.8. The molecule has 0 radical (unpaired) electrons. The van der Waals surface area contributed by atoms with Crippen LogP contribution < -0.4 is 5.32 Å². The second-order valence-corrected chi connectivity index (χ2v) is 4.51. The molecule has 1 heterocycles. The molecule has 1 aromatic rings. The van der Waals surface area contributed by atoms with E-state index < -0.39 is 6.04 Å². The van der Waals surface area contributed by atoms with E-state index in [1.54, 1.807) is 0 Å². The fourth-order valence-electron chi connectivity index (χ4n) is 2.09. The Balaban J connectivity index is 1.80. The van der Waals surface area contributed by atoms with Crippen molar-refractivity contribution in [1.29, 1.82) is 0 Å². The molecular formula is C14H17NO4. The lowest BCUT2D eigenvalue weighted by atomic mass is 10.1. The van der Waals surface area contributed by atoms with Crippen LogP contribution in [0, 0.1) is 5.92 Å². The van der Waals surface area contributed by atoms with Gasteiger partial charge in [0.05, 0.1) is 13.0 Å². The van der Waals surface area contributed by atoms with E-state index in [2.05, 4.69) is 10.1 Å². The van der Waals surface area contributed by atoms with E-state index in [0.717, 1.165) is 5.56 Å². The summed E-state index contributed by atoms with van der Waals surface area (Å²) >= 11 is 0. The van der Waals surface area contributed by atoms with Gasteiger partial charge in [0.25, 0.3) is 0 Å². The number of carbonyl (C=O) groups is 2. The highest BCUT2D eigenvalue weighted by atomic mass is 16.5. The SMILES string of the molecule is COC(=O)[C@H]1CN[C@H](C(=O)OCc2ccccc2)C1. The smallest absolute Gasteiger partial charge is 0.323 e. The Morgan fingerprint density at radius 3 is 2.68 bits per heavy atom. The maximum atomic E-state index is 11.8. The number of ether oxygens (including phenoxy) is 2. The van der Waals surface area contributed by atoms with Crippen molar-refractivity contribution in [3.8, 4) is 0 Å². The standard InChI is InChI=1S/C14H17NO4/c1-18-13(16)11-7-12(15-8-11)14(17)19-9-10-5-3-2-4-6-10/h2-6,11-12,15H,7-9H2,1H3/t11-,12+/m1/s1. The van der Waals surface area contributed by atoms with Gasteiger partial charge in [-0.3, -0.25) is 9.59 Å². The third-order valence-corrected chi connectivity index (χ3v) is 3.17. The average Bonchev–Trinajstić information content (AvgIpc) is 2.95. The van der Waals surface area contributed by atoms with Gasteiger partial charge in [-0.2, -0.15) is 0 Å². The van der Waals surface area contributed by atoms with Crippen LogP contribution in [0.15, 0.2) is 30.3 Å². The molecule has 1 N–H and O–H groups in total. The van der Waals surface area contributed by atoms with E-state index in [9.17, 15) is 9.59 Å². The Kier molecular flexibility index (Phi) is 4.52. The number of hydrogen-bond donors (Lipinski definition) is 1. The van der Waals surface area contributed by atoms with Gasteiger partial charge in [-0.1, -0.05) is 30.3 Å². The first kappa shape index (κ1) is 13.5. The van der Waals surface area contributed by atoms with Gasteiger partial charge in [0.2, 0.25) is 0 Å².